The van der Waals surface area contributed by atoms with E-state index in [1.807, 2.05) is 0 Å². The monoisotopic (exact) mass is 218 g/mol. The Labute approximate surface area is 85.0 Å². The first-order valence-electron chi connectivity index (χ1n) is 5.38. The van der Waals surface area contributed by atoms with Crippen molar-refractivity contribution in [1.82, 2.24) is 0 Å². The molecule has 0 aliphatic carbocycles. The molecule has 0 aromatic carbocycles. The molecular weight excluding hydrogens is 196 g/mol. The lowest BCUT2D eigenvalue weighted by Crippen LogP contribution is -2.51. The summed E-state index contributed by atoms with van der Waals surface area (Å²) >= 11 is 0. The molecular formula is C9H22O2Si2. The van der Waals surface area contributed by atoms with Crippen LogP contribution in [-0.4, -0.2) is 29.9 Å². The molecule has 0 amide bonds. The molecule has 0 bridgehead atoms. The largest absolute Gasteiger partial charge is 0.397 e. The third kappa shape index (κ3) is 2.90. The van der Waals surface area contributed by atoms with Gasteiger partial charge in [0.1, 0.15) is 14.2 Å². The maximum absolute atomic E-state index is 6.12. The van der Waals surface area contributed by atoms with Gasteiger partial charge in [0.05, 0.1) is 0 Å². The summed E-state index contributed by atoms with van der Waals surface area (Å²) in [6.45, 7) is 10.0. The quantitative estimate of drug-likeness (QED) is 0.674. The SMILES string of the molecule is C[SiH](C)OC1([SiH](C)C)CCCCO1. The highest BCUT2D eigenvalue weighted by Crippen LogP contribution is 2.29. The van der Waals surface area contributed by atoms with Gasteiger partial charge in [-0.3, -0.25) is 0 Å². The third-order valence-electron chi connectivity index (χ3n) is 2.58. The number of hydrogen-bond acceptors (Lipinski definition) is 2. The smallest absolute Gasteiger partial charge is 0.174 e. The molecule has 1 atom stereocenters. The van der Waals surface area contributed by atoms with E-state index >= 15 is 0 Å². The van der Waals surface area contributed by atoms with Gasteiger partial charge in [0.25, 0.3) is 0 Å². The van der Waals surface area contributed by atoms with E-state index in [0.29, 0.717) is 0 Å². The molecule has 0 radical (unpaired) electrons. The topological polar surface area (TPSA) is 18.5 Å². The summed E-state index contributed by atoms with van der Waals surface area (Å²) in [6.07, 6.45) is 3.64. The Morgan fingerprint density at radius 3 is 2.23 bits per heavy atom. The molecule has 1 rings (SSSR count). The van der Waals surface area contributed by atoms with Crippen LogP contribution in [0.25, 0.3) is 0 Å². The molecule has 1 saturated heterocycles. The van der Waals surface area contributed by atoms with E-state index in [1.54, 1.807) is 0 Å². The molecule has 0 aromatic heterocycles. The zero-order chi connectivity index (χ0) is 9.90. The average Bonchev–Trinajstić information content (AvgIpc) is 2.04. The summed E-state index contributed by atoms with van der Waals surface area (Å²) in [5.74, 6) is 0. The number of hydrogen-bond donors (Lipinski definition) is 0. The van der Waals surface area contributed by atoms with Crippen LogP contribution in [0, 0.1) is 0 Å². The van der Waals surface area contributed by atoms with Crippen LogP contribution in [0.15, 0.2) is 0 Å². The van der Waals surface area contributed by atoms with Gasteiger partial charge in [-0.25, -0.2) is 0 Å². The summed E-state index contributed by atoms with van der Waals surface area (Å²) < 4.78 is 12.0. The molecule has 0 spiro atoms. The van der Waals surface area contributed by atoms with Gasteiger partial charge in [-0.15, -0.1) is 0 Å². The van der Waals surface area contributed by atoms with Gasteiger partial charge < -0.3 is 9.16 Å². The zero-order valence-corrected chi connectivity index (χ0v) is 11.6. The zero-order valence-electron chi connectivity index (χ0n) is 9.30. The van der Waals surface area contributed by atoms with Crippen molar-refractivity contribution >= 4 is 17.8 Å². The minimum atomic E-state index is -0.957. The van der Waals surface area contributed by atoms with Crippen molar-refractivity contribution in [1.29, 1.82) is 0 Å². The maximum atomic E-state index is 6.12. The summed E-state index contributed by atoms with van der Waals surface area (Å²) in [7, 11) is -1.81. The molecule has 0 saturated carbocycles. The van der Waals surface area contributed by atoms with Crippen LogP contribution in [-0.2, 0) is 9.16 Å². The molecule has 13 heavy (non-hydrogen) atoms. The van der Waals surface area contributed by atoms with Crippen LogP contribution in [0.3, 0.4) is 0 Å². The minimum Gasteiger partial charge on any atom is -0.397 e. The van der Waals surface area contributed by atoms with E-state index in [2.05, 4.69) is 26.2 Å². The summed E-state index contributed by atoms with van der Waals surface area (Å²) in [5.41, 5.74) is -0.0986. The molecule has 78 valence electrons. The van der Waals surface area contributed by atoms with Crippen LogP contribution < -0.4 is 0 Å². The normalized spacial score (nSPS) is 30.0. The second kappa shape index (κ2) is 4.73. The Balaban J connectivity index is 2.61. The van der Waals surface area contributed by atoms with Gasteiger partial charge in [0.15, 0.2) is 9.04 Å². The van der Waals surface area contributed by atoms with Crippen molar-refractivity contribution in [3.8, 4) is 0 Å². The molecule has 2 nitrogen and oxygen atoms in total. The molecule has 1 aliphatic rings. The summed E-state index contributed by atoms with van der Waals surface area (Å²) in [6, 6.07) is 0. The third-order valence-corrected chi connectivity index (χ3v) is 6.07. The van der Waals surface area contributed by atoms with Gasteiger partial charge >= 0.3 is 0 Å². The van der Waals surface area contributed by atoms with E-state index in [4.69, 9.17) is 9.16 Å². The second-order valence-corrected chi connectivity index (χ2v) is 9.96. The molecule has 1 heterocycles. The lowest BCUT2D eigenvalue weighted by Gasteiger charge is -2.41. The highest BCUT2D eigenvalue weighted by Gasteiger charge is 2.38. The Bertz CT molecular complexity index is 154. The van der Waals surface area contributed by atoms with Crippen LogP contribution in [0.4, 0.5) is 0 Å². The fourth-order valence-corrected chi connectivity index (χ4v) is 6.00. The number of rotatable bonds is 3. The molecule has 4 heteroatoms. The highest BCUT2D eigenvalue weighted by molar-refractivity contribution is 6.60. The average molecular weight is 218 g/mol. The van der Waals surface area contributed by atoms with Gasteiger partial charge in [-0.2, -0.15) is 0 Å². The van der Waals surface area contributed by atoms with Crippen molar-refractivity contribution in [2.75, 3.05) is 6.61 Å². The highest BCUT2D eigenvalue weighted by atomic mass is 28.3. The van der Waals surface area contributed by atoms with Crippen molar-refractivity contribution < 1.29 is 9.16 Å². The molecule has 1 fully saturated rings. The van der Waals surface area contributed by atoms with E-state index in [1.165, 1.54) is 12.8 Å². The van der Waals surface area contributed by atoms with Crippen LogP contribution >= 0.6 is 0 Å². The molecule has 1 aliphatic heterocycles. The van der Waals surface area contributed by atoms with Gasteiger partial charge in [0, 0.05) is 6.61 Å². The maximum Gasteiger partial charge on any atom is 0.174 e. The van der Waals surface area contributed by atoms with Crippen molar-refractivity contribution in [2.45, 2.75) is 50.9 Å². The Kier molecular flexibility index (Phi) is 4.16. The molecule has 1 unspecified atom stereocenters. The first-order chi connectivity index (χ1) is 6.07. The first-order valence-corrected chi connectivity index (χ1v) is 11.1. The van der Waals surface area contributed by atoms with Crippen LogP contribution in [0.5, 0.6) is 0 Å². The van der Waals surface area contributed by atoms with Crippen LogP contribution in [0.1, 0.15) is 19.3 Å². The standard InChI is InChI=1S/C9H22O2Si2/c1-12(2)9(11-13(3)4)7-5-6-8-10-9/h12-13H,5-8H2,1-4H3. The summed E-state index contributed by atoms with van der Waals surface area (Å²) in [5, 5.41) is 0. The van der Waals surface area contributed by atoms with Gasteiger partial charge in [-0.1, -0.05) is 13.1 Å². The van der Waals surface area contributed by atoms with Crippen LogP contribution in [0.2, 0.25) is 26.2 Å². The van der Waals surface area contributed by atoms with Crippen molar-refractivity contribution in [3.05, 3.63) is 0 Å². The Morgan fingerprint density at radius 2 is 1.85 bits per heavy atom. The van der Waals surface area contributed by atoms with E-state index in [0.717, 1.165) is 13.0 Å². The Morgan fingerprint density at radius 1 is 1.15 bits per heavy atom. The van der Waals surface area contributed by atoms with Crippen molar-refractivity contribution in [2.24, 2.45) is 0 Å². The first kappa shape index (κ1) is 11.4. The molecule has 0 N–H and O–H groups in total. The Hall–Kier alpha value is 0.354. The predicted molar refractivity (Wildman–Crippen MR) is 61.4 cm³/mol. The minimum absolute atomic E-state index is 0.0986. The van der Waals surface area contributed by atoms with E-state index < -0.39 is 17.8 Å². The van der Waals surface area contributed by atoms with E-state index in [-0.39, 0.29) is 5.41 Å². The lowest BCUT2D eigenvalue weighted by molar-refractivity contribution is -0.151. The van der Waals surface area contributed by atoms with Crippen molar-refractivity contribution in [3.63, 3.8) is 0 Å². The fourth-order valence-electron chi connectivity index (χ4n) is 1.87. The predicted octanol–water partition coefficient (Wildman–Crippen LogP) is 1.91. The van der Waals surface area contributed by atoms with E-state index in [9.17, 15) is 0 Å². The fraction of sp³-hybridized carbons (Fsp3) is 1.00. The van der Waals surface area contributed by atoms with Gasteiger partial charge in [-0.05, 0) is 32.4 Å². The number of ether oxygens (including phenoxy) is 1. The summed E-state index contributed by atoms with van der Waals surface area (Å²) in [4.78, 5) is 0. The lowest BCUT2D eigenvalue weighted by atomic mass is 10.2. The second-order valence-electron chi connectivity index (χ2n) is 4.44. The van der Waals surface area contributed by atoms with Gasteiger partial charge in [0.2, 0.25) is 0 Å². The molecule has 0 aromatic rings.